The molecule has 0 aliphatic carbocycles. The molecular formula is C15H11ClF2N2OS. The summed E-state index contributed by atoms with van der Waals surface area (Å²) in [6, 6.07) is 7.57. The van der Waals surface area contributed by atoms with E-state index in [2.05, 4.69) is 9.71 Å². The molecule has 2 aromatic carbocycles. The van der Waals surface area contributed by atoms with E-state index in [1.165, 1.54) is 11.9 Å². The molecule has 0 saturated heterocycles. The van der Waals surface area contributed by atoms with E-state index in [4.69, 9.17) is 16.3 Å². The number of H-pyrrole nitrogens is 1. The molecule has 0 radical (unpaired) electrons. The summed E-state index contributed by atoms with van der Waals surface area (Å²) in [5.41, 5.74) is 0.932. The van der Waals surface area contributed by atoms with Gasteiger partial charge in [0.15, 0.2) is 0 Å². The fourth-order valence-electron chi connectivity index (χ4n) is 2.00. The van der Waals surface area contributed by atoms with Crippen molar-refractivity contribution in [1.29, 1.82) is 0 Å². The van der Waals surface area contributed by atoms with E-state index in [1.807, 2.05) is 18.2 Å². The average molecular weight is 341 g/mol. The normalized spacial score (nSPS) is 10.9. The van der Waals surface area contributed by atoms with Crippen molar-refractivity contribution in [1.82, 2.24) is 4.98 Å². The number of fused-ring (bicyclic) bond motifs is 1. The van der Waals surface area contributed by atoms with Crippen LogP contribution in [0.15, 0.2) is 41.4 Å². The molecule has 1 heterocycles. The van der Waals surface area contributed by atoms with Crippen LogP contribution in [0.25, 0.3) is 10.9 Å². The molecule has 2 N–H and O–H groups in total. The molecule has 0 fully saturated rings. The molecule has 0 bridgehead atoms. The predicted octanol–water partition coefficient (Wildman–Crippen LogP) is 5.23. The molecule has 0 unspecified atom stereocenters. The lowest BCUT2D eigenvalue weighted by atomic mass is 10.2. The van der Waals surface area contributed by atoms with E-state index in [0.717, 1.165) is 33.7 Å². The van der Waals surface area contributed by atoms with Gasteiger partial charge in [0, 0.05) is 23.7 Å². The van der Waals surface area contributed by atoms with Crippen molar-refractivity contribution < 1.29 is 13.5 Å². The maximum atomic E-state index is 13.7. The highest BCUT2D eigenvalue weighted by atomic mass is 35.5. The van der Waals surface area contributed by atoms with Gasteiger partial charge in [-0.2, -0.15) is 0 Å². The van der Waals surface area contributed by atoms with Crippen LogP contribution in [0.4, 0.5) is 14.5 Å². The minimum Gasteiger partial charge on any atom is -0.497 e. The Labute approximate surface area is 134 Å². The Hall–Kier alpha value is -1.92. The average Bonchev–Trinajstić information content (AvgIpc) is 2.91. The molecule has 22 heavy (non-hydrogen) atoms. The number of ether oxygens (including phenoxy) is 1. The highest BCUT2D eigenvalue weighted by molar-refractivity contribution is 8.00. The highest BCUT2D eigenvalue weighted by Crippen LogP contribution is 2.32. The lowest BCUT2D eigenvalue weighted by Gasteiger charge is -2.07. The zero-order valence-corrected chi connectivity index (χ0v) is 13.0. The van der Waals surface area contributed by atoms with Crippen LogP contribution in [0.1, 0.15) is 0 Å². The third-order valence-corrected chi connectivity index (χ3v) is 4.30. The molecule has 0 saturated carbocycles. The molecule has 0 aliphatic heterocycles. The predicted molar refractivity (Wildman–Crippen MR) is 85.7 cm³/mol. The lowest BCUT2D eigenvalue weighted by molar-refractivity contribution is 0.415. The molecule has 7 heteroatoms. The monoisotopic (exact) mass is 340 g/mol. The number of nitrogens with one attached hydrogen (secondary N) is 2. The number of anilines is 1. The van der Waals surface area contributed by atoms with Gasteiger partial charge in [-0.1, -0.05) is 11.6 Å². The minimum atomic E-state index is -0.671. The number of aromatic amines is 1. The van der Waals surface area contributed by atoms with Crippen LogP contribution in [-0.4, -0.2) is 12.1 Å². The summed E-state index contributed by atoms with van der Waals surface area (Å²) < 4.78 is 35.1. The first kappa shape index (κ1) is 15.0. The van der Waals surface area contributed by atoms with Crippen LogP contribution in [0.3, 0.4) is 0 Å². The second-order valence-corrected chi connectivity index (χ2v) is 5.77. The number of hydrogen-bond donors (Lipinski definition) is 2. The molecule has 0 atom stereocenters. The summed E-state index contributed by atoms with van der Waals surface area (Å²) in [4.78, 5) is 3.96. The fraction of sp³-hybridized carbons (Fsp3) is 0.0667. The highest BCUT2D eigenvalue weighted by Gasteiger charge is 2.10. The Morgan fingerprint density at radius 1 is 1.18 bits per heavy atom. The van der Waals surface area contributed by atoms with E-state index in [0.29, 0.717) is 0 Å². The molecule has 114 valence electrons. The molecule has 3 rings (SSSR count). The Morgan fingerprint density at radius 2 is 2.00 bits per heavy atom. The number of hydrogen-bond acceptors (Lipinski definition) is 3. The minimum absolute atomic E-state index is 0.0368. The Balaban J connectivity index is 1.84. The molecule has 1 aromatic heterocycles. The van der Waals surface area contributed by atoms with Gasteiger partial charge in [0.2, 0.25) is 0 Å². The molecule has 3 aromatic rings. The first-order chi connectivity index (χ1) is 10.6. The van der Waals surface area contributed by atoms with E-state index in [1.54, 1.807) is 13.3 Å². The maximum Gasteiger partial charge on any atom is 0.148 e. The van der Waals surface area contributed by atoms with Gasteiger partial charge >= 0.3 is 0 Å². The van der Waals surface area contributed by atoms with Crippen molar-refractivity contribution in [2.75, 3.05) is 11.8 Å². The van der Waals surface area contributed by atoms with Gasteiger partial charge in [0.1, 0.15) is 17.4 Å². The van der Waals surface area contributed by atoms with Gasteiger partial charge in [0.25, 0.3) is 0 Å². The van der Waals surface area contributed by atoms with Gasteiger partial charge < -0.3 is 14.4 Å². The van der Waals surface area contributed by atoms with Crippen LogP contribution < -0.4 is 9.46 Å². The SMILES string of the molecule is COc1ccc2c(SNc3cc(F)c(Cl)cc3F)c[nH]c2c1. The zero-order chi connectivity index (χ0) is 15.7. The maximum absolute atomic E-state index is 13.7. The van der Waals surface area contributed by atoms with E-state index in [-0.39, 0.29) is 10.7 Å². The Morgan fingerprint density at radius 3 is 2.77 bits per heavy atom. The molecule has 3 nitrogen and oxygen atoms in total. The third-order valence-electron chi connectivity index (χ3n) is 3.13. The van der Waals surface area contributed by atoms with Crippen molar-refractivity contribution >= 4 is 40.1 Å². The second kappa shape index (κ2) is 6.06. The van der Waals surface area contributed by atoms with Gasteiger partial charge in [-0.15, -0.1) is 0 Å². The number of halogens is 3. The van der Waals surface area contributed by atoms with Gasteiger partial charge in [-0.05, 0) is 30.1 Å². The molecule has 0 spiro atoms. The number of benzene rings is 2. The number of aromatic nitrogens is 1. The fourth-order valence-corrected chi connectivity index (χ4v) is 2.93. The van der Waals surface area contributed by atoms with Crippen molar-refractivity contribution in [3.05, 3.63) is 53.2 Å². The second-order valence-electron chi connectivity index (χ2n) is 4.51. The molecule has 0 aliphatic rings. The van der Waals surface area contributed by atoms with Crippen molar-refractivity contribution in [2.45, 2.75) is 4.90 Å². The first-order valence-electron chi connectivity index (χ1n) is 6.31. The van der Waals surface area contributed by atoms with Crippen molar-refractivity contribution in [3.63, 3.8) is 0 Å². The van der Waals surface area contributed by atoms with Crippen LogP contribution in [0.2, 0.25) is 5.02 Å². The summed E-state index contributed by atoms with van der Waals surface area (Å²) in [6.07, 6.45) is 1.78. The standard InChI is InChI=1S/C15H11ClF2N2OS/c1-21-8-2-3-9-13(4-8)19-7-15(9)22-20-14-6-11(17)10(16)5-12(14)18/h2-7,19-20H,1H3. The summed E-state index contributed by atoms with van der Waals surface area (Å²) in [5, 5.41) is 0.709. The van der Waals surface area contributed by atoms with Crippen molar-refractivity contribution in [3.8, 4) is 5.75 Å². The smallest absolute Gasteiger partial charge is 0.148 e. The van der Waals surface area contributed by atoms with Crippen LogP contribution in [0, 0.1) is 11.6 Å². The first-order valence-corrected chi connectivity index (χ1v) is 7.50. The summed E-state index contributed by atoms with van der Waals surface area (Å²) >= 11 is 6.71. The van der Waals surface area contributed by atoms with E-state index in [9.17, 15) is 8.78 Å². The van der Waals surface area contributed by atoms with Crippen LogP contribution >= 0.6 is 23.5 Å². The summed E-state index contributed by atoms with van der Waals surface area (Å²) in [7, 11) is 1.60. The van der Waals surface area contributed by atoms with Crippen molar-refractivity contribution in [2.24, 2.45) is 0 Å². The van der Waals surface area contributed by atoms with Gasteiger partial charge in [0.05, 0.1) is 28.2 Å². The van der Waals surface area contributed by atoms with Gasteiger partial charge in [-0.3, -0.25) is 0 Å². The molecular weight excluding hydrogens is 330 g/mol. The summed E-state index contributed by atoms with van der Waals surface area (Å²) in [5.74, 6) is -0.542. The van der Waals surface area contributed by atoms with E-state index < -0.39 is 11.6 Å². The van der Waals surface area contributed by atoms with E-state index >= 15 is 0 Å². The topological polar surface area (TPSA) is 37.0 Å². The quantitative estimate of drug-likeness (QED) is 0.504. The van der Waals surface area contributed by atoms with Crippen LogP contribution in [-0.2, 0) is 0 Å². The number of rotatable bonds is 4. The Bertz CT molecular complexity index is 838. The van der Waals surface area contributed by atoms with Crippen LogP contribution in [0.5, 0.6) is 5.75 Å². The summed E-state index contributed by atoms with van der Waals surface area (Å²) in [6.45, 7) is 0. The lowest BCUT2D eigenvalue weighted by Crippen LogP contribution is -1.92. The number of methoxy groups -OCH3 is 1. The third kappa shape index (κ3) is 2.84. The Kier molecular flexibility index (Phi) is 4.13. The zero-order valence-electron chi connectivity index (χ0n) is 11.4. The van der Waals surface area contributed by atoms with Gasteiger partial charge in [-0.25, -0.2) is 8.78 Å². The largest absolute Gasteiger partial charge is 0.497 e. The molecule has 0 amide bonds.